The summed E-state index contributed by atoms with van der Waals surface area (Å²) in [5.74, 6) is 0.361. The molecule has 0 atom stereocenters. The predicted octanol–water partition coefficient (Wildman–Crippen LogP) is 2.41. The number of amides is 1. The number of methoxy groups -OCH3 is 1. The van der Waals surface area contributed by atoms with Gasteiger partial charge in [0, 0.05) is 45.8 Å². The first kappa shape index (κ1) is 19.2. The van der Waals surface area contributed by atoms with Crippen molar-refractivity contribution in [3.63, 3.8) is 0 Å². The van der Waals surface area contributed by atoms with Gasteiger partial charge in [0.25, 0.3) is 5.91 Å². The van der Waals surface area contributed by atoms with Gasteiger partial charge in [-0.05, 0) is 17.7 Å². The number of halogens is 3. The maximum atomic E-state index is 12.8. The second kappa shape index (κ2) is 7.59. The Morgan fingerprint density at radius 1 is 1.19 bits per heavy atom. The van der Waals surface area contributed by atoms with Crippen LogP contribution >= 0.6 is 0 Å². The van der Waals surface area contributed by atoms with E-state index in [4.69, 9.17) is 4.74 Å². The molecule has 0 spiro atoms. The van der Waals surface area contributed by atoms with Gasteiger partial charge in [-0.3, -0.25) is 14.4 Å². The lowest BCUT2D eigenvalue weighted by Gasteiger charge is -2.34. The molecule has 27 heavy (non-hydrogen) atoms. The van der Waals surface area contributed by atoms with Crippen LogP contribution < -0.4 is 4.74 Å². The number of rotatable bonds is 4. The number of hydrogen-bond acceptors (Lipinski definition) is 4. The van der Waals surface area contributed by atoms with E-state index in [-0.39, 0.29) is 5.69 Å². The van der Waals surface area contributed by atoms with Gasteiger partial charge in [-0.15, -0.1) is 0 Å². The molecule has 3 rings (SSSR count). The van der Waals surface area contributed by atoms with Crippen molar-refractivity contribution in [2.24, 2.45) is 7.05 Å². The Morgan fingerprint density at radius 3 is 2.48 bits per heavy atom. The summed E-state index contributed by atoms with van der Waals surface area (Å²) >= 11 is 0. The van der Waals surface area contributed by atoms with E-state index in [0.717, 1.165) is 28.6 Å². The zero-order valence-corrected chi connectivity index (χ0v) is 15.2. The molecule has 1 saturated heterocycles. The van der Waals surface area contributed by atoms with Gasteiger partial charge in [0.05, 0.1) is 7.11 Å². The van der Waals surface area contributed by atoms with Crippen LogP contribution in [0.4, 0.5) is 13.2 Å². The highest BCUT2D eigenvalue weighted by molar-refractivity contribution is 5.92. The minimum Gasteiger partial charge on any atom is -0.497 e. The molecule has 1 fully saturated rings. The number of ether oxygens (including phenoxy) is 1. The normalized spacial score (nSPS) is 15.8. The standard InChI is InChI=1S/C18H21F3N4O2/c1-23-15(11-16(22-23)18(19,20)21)17(26)25-8-6-24(7-9-25)12-13-4-3-5-14(10-13)27-2/h3-5,10-11H,6-9,12H2,1-2H3. The van der Waals surface area contributed by atoms with Crippen molar-refractivity contribution in [3.8, 4) is 5.75 Å². The monoisotopic (exact) mass is 382 g/mol. The van der Waals surface area contributed by atoms with Crippen molar-refractivity contribution in [1.29, 1.82) is 0 Å². The highest BCUT2D eigenvalue weighted by Crippen LogP contribution is 2.28. The van der Waals surface area contributed by atoms with Crippen molar-refractivity contribution in [2.45, 2.75) is 12.7 Å². The molecule has 1 aliphatic heterocycles. The van der Waals surface area contributed by atoms with Crippen molar-refractivity contribution in [2.75, 3.05) is 33.3 Å². The van der Waals surface area contributed by atoms with Crippen LogP contribution in [0.3, 0.4) is 0 Å². The van der Waals surface area contributed by atoms with Gasteiger partial charge >= 0.3 is 6.18 Å². The zero-order chi connectivity index (χ0) is 19.6. The first-order chi connectivity index (χ1) is 12.8. The fourth-order valence-corrected chi connectivity index (χ4v) is 3.11. The van der Waals surface area contributed by atoms with Gasteiger partial charge in [0.15, 0.2) is 5.69 Å². The van der Waals surface area contributed by atoms with Crippen LogP contribution in [0.15, 0.2) is 30.3 Å². The molecule has 0 bridgehead atoms. The third kappa shape index (κ3) is 4.41. The Bertz CT molecular complexity index is 811. The minimum absolute atomic E-state index is 0.0522. The first-order valence-electron chi connectivity index (χ1n) is 8.53. The van der Waals surface area contributed by atoms with E-state index < -0.39 is 17.8 Å². The molecule has 146 valence electrons. The second-order valence-corrected chi connectivity index (χ2v) is 6.46. The summed E-state index contributed by atoms with van der Waals surface area (Å²) in [7, 11) is 2.97. The molecule has 0 saturated carbocycles. The summed E-state index contributed by atoms with van der Waals surface area (Å²) in [5, 5.41) is 3.41. The number of aryl methyl sites for hydroxylation is 1. The van der Waals surface area contributed by atoms with E-state index in [1.54, 1.807) is 12.0 Å². The van der Waals surface area contributed by atoms with E-state index in [1.807, 2.05) is 24.3 Å². The maximum absolute atomic E-state index is 12.8. The molecular weight excluding hydrogens is 361 g/mol. The SMILES string of the molecule is COc1cccc(CN2CCN(C(=O)c3cc(C(F)(F)F)nn3C)CC2)c1. The summed E-state index contributed by atoms with van der Waals surface area (Å²) < 4.78 is 44.6. The maximum Gasteiger partial charge on any atom is 0.435 e. The van der Waals surface area contributed by atoms with Crippen LogP contribution in [0.5, 0.6) is 5.75 Å². The van der Waals surface area contributed by atoms with Gasteiger partial charge in [0.1, 0.15) is 11.4 Å². The molecule has 1 amide bonds. The Balaban J connectivity index is 1.60. The van der Waals surface area contributed by atoms with Gasteiger partial charge < -0.3 is 9.64 Å². The number of benzene rings is 1. The van der Waals surface area contributed by atoms with Crippen LogP contribution in [-0.2, 0) is 19.8 Å². The zero-order valence-electron chi connectivity index (χ0n) is 15.2. The molecule has 0 N–H and O–H groups in total. The second-order valence-electron chi connectivity index (χ2n) is 6.46. The Labute approximate surface area is 155 Å². The lowest BCUT2D eigenvalue weighted by molar-refractivity contribution is -0.141. The number of alkyl halides is 3. The fraction of sp³-hybridized carbons (Fsp3) is 0.444. The Kier molecular flexibility index (Phi) is 5.41. The molecule has 0 unspecified atom stereocenters. The summed E-state index contributed by atoms with van der Waals surface area (Å²) in [6.45, 7) is 2.92. The van der Waals surface area contributed by atoms with Crippen molar-refractivity contribution >= 4 is 5.91 Å². The van der Waals surface area contributed by atoms with Crippen LogP contribution in [0.25, 0.3) is 0 Å². The average molecular weight is 382 g/mol. The molecule has 2 heterocycles. The topological polar surface area (TPSA) is 50.6 Å². The van der Waals surface area contributed by atoms with Gasteiger partial charge in [-0.1, -0.05) is 12.1 Å². The van der Waals surface area contributed by atoms with Crippen molar-refractivity contribution in [1.82, 2.24) is 19.6 Å². The molecule has 1 aromatic heterocycles. The van der Waals surface area contributed by atoms with Crippen LogP contribution in [0.1, 0.15) is 21.7 Å². The largest absolute Gasteiger partial charge is 0.497 e. The number of piperazine rings is 1. The molecule has 1 aliphatic rings. The molecular formula is C18H21F3N4O2. The fourth-order valence-electron chi connectivity index (χ4n) is 3.11. The highest BCUT2D eigenvalue weighted by atomic mass is 19.4. The predicted molar refractivity (Wildman–Crippen MR) is 92.4 cm³/mol. The number of aromatic nitrogens is 2. The lowest BCUT2D eigenvalue weighted by Crippen LogP contribution is -2.48. The Morgan fingerprint density at radius 2 is 1.89 bits per heavy atom. The smallest absolute Gasteiger partial charge is 0.435 e. The third-order valence-corrected chi connectivity index (χ3v) is 4.59. The lowest BCUT2D eigenvalue weighted by atomic mass is 10.2. The van der Waals surface area contributed by atoms with Gasteiger partial charge in [-0.25, -0.2) is 0 Å². The van der Waals surface area contributed by atoms with Gasteiger partial charge in [-0.2, -0.15) is 18.3 Å². The first-order valence-corrected chi connectivity index (χ1v) is 8.53. The van der Waals surface area contributed by atoms with Gasteiger partial charge in [0.2, 0.25) is 0 Å². The number of carbonyl (C=O) groups is 1. The molecule has 6 nitrogen and oxygen atoms in total. The average Bonchev–Trinajstić information content (AvgIpc) is 3.04. The third-order valence-electron chi connectivity index (χ3n) is 4.59. The number of nitrogens with zero attached hydrogens (tertiary/aromatic N) is 4. The van der Waals surface area contributed by atoms with Crippen LogP contribution in [-0.4, -0.2) is 58.8 Å². The summed E-state index contributed by atoms with van der Waals surface area (Å²) in [6, 6.07) is 8.59. The number of hydrogen-bond donors (Lipinski definition) is 0. The molecule has 9 heteroatoms. The molecule has 2 aromatic rings. The van der Waals surface area contributed by atoms with Crippen LogP contribution in [0, 0.1) is 0 Å². The summed E-state index contributed by atoms with van der Waals surface area (Å²) in [6.07, 6.45) is -4.56. The van der Waals surface area contributed by atoms with E-state index >= 15 is 0 Å². The summed E-state index contributed by atoms with van der Waals surface area (Å²) in [4.78, 5) is 16.3. The number of carbonyl (C=O) groups excluding carboxylic acids is 1. The van der Waals surface area contributed by atoms with Crippen molar-refractivity contribution in [3.05, 3.63) is 47.3 Å². The minimum atomic E-state index is -4.56. The van der Waals surface area contributed by atoms with E-state index in [0.29, 0.717) is 26.2 Å². The highest BCUT2D eigenvalue weighted by Gasteiger charge is 2.36. The molecule has 0 aliphatic carbocycles. The quantitative estimate of drug-likeness (QED) is 0.815. The molecule has 0 radical (unpaired) electrons. The summed E-state index contributed by atoms with van der Waals surface area (Å²) in [5.41, 5.74) is 0.00385. The molecule has 1 aromatic carbocycles. The van der Waals surface area contributed by atoms with Crippen molar-refractivity contribution < 1.29 is 22.7 Å². The van der Waals surface area contributed by atoms with Crippen LogP contribution in [0.2, 0.25) is 0 Å². The van der Waals surface area contributed by atoms with E-state index in [1.165, 1.54) is 7.05 Å². The Hall–Kier alpha value is -2.55. The van der Waals surface area contributed by atoms with E-state index in [9.17, 15) is 18.0 Å². The van der Waals surface area contributed by atoms with E-state index in [2.05, 4.69) is 10.00 Å².